The molecule has 1 N–H and O–H groups in total. The molecule has 0 saturated heterocycles. The summed E-state index contributed by atoms with van der Waals surface area (Å²) in [6.45, 7) is 2.06. The van der Waals surface area contributed by atoms with Crippen molar-refractivity contribution in [3.8, 4) is 17.4 Å². The molecule has 1 heterocycles. The number of carbonyl (C=O) groups is 1. The minimum absolute atomic E-state index is 0.0695. The zero-order valence-electron chi connectivity index (χ0n) is 9.51. The van der Waals surface area contributed by atoms with Crippen molar-refractivity contribution in [2.75, 3.05) is 6.61 Å². The molecule has 0 unspecified atom stereocenters. The van der Waals surface area contributed by atoms with Gasteiger partial charge in [0.15, 0.2) is 0 Å². The van der Waals surface area contributed by atoms with Crippen LogP contribution < -0.4 is 4.74 Å². The third-order valence-electron chi connectivity index (χ3n) is 2.15. The van der Waals surface area contributed by atoms with Crippen LogP contribution in [0.5, 0.6) is 5.95 Å². The molecule has 2 aromatic rings. The largest absolute Gasteiger partial charge is 0.476 e. The molecule has 5 nitrogen and oxygen atoms in total. The maximum atomic E-state index is 11.0. The molecule has 0 saturated carbocycles. The summed E-state index contributed by atoms with van der Waals surface area (Å²) in [5.74, 6) is -1.03. The number of halogens is 1. The van der Waals surface area contributed by atoms with Crippen LogP contribution in [0.4, 0.5) is 0 Å². The molecule has 0 aliphatic heterocycles. The third-order valence-corrected chi connectivity index (χ3v) is 2.64. The van der Waals surface area contributed by atoms with Crippen molar-refractivity contribution >= 4 is 21.9 Å². The lowest BCUT2D eigenvalue weighted by molar-refractivity contribution is 0.0683. The van der Waals surface area contributed by atoms with Gasteiger partial charge in [-0.3, -0.25) is 0 Å². The summed E-state index contributed by atoms with van der Waals surface area (Å²) in [5, 5.41) is 9.00. The van der Waals surface area contributed by atoms with Crippen molar-refractivity contribution < 1.29 is 19.1 Å². The first-order valence-electron chi connectivity index (χ1n) is 5.24. The van der Waals surface area contributed by atoms with Crippen LogP contribution in [-0.4, -0.2) is 22.7 Å². The van der Waals surface area contributed by atoms with E-state index in [1.165, 1.54) is 0 Å². The van der Waals surface area contributed by atoms with Crippen molar-refractivity contribution in [2.24, 2.45) is 0 Å². The van der Waals surface area contributed by atoms with Crippen LogP contribution >= 0.6 is 15.9 Å². The van der Waals surface area contributed by atoms with Gasteiger partial charge in [0, 0.05) is 10.0 Å². The van der Waals surface area contributed by atoms with Crippen molar-refractivity contribution in [3.63, 3.8) is 0 Å². The lowest BCUT2D eigenvalue weighted by Crippen LogP contribution is -2.01. The number of hydrogen-bond donors (Lipinski definition) is 1. The van der Waals surface area contributed by atoms with E-state index in [0.29, 0.717) is 12.2 Å². The molecule has 0 aliphatic carbocycles. The van der Waals surface area contributed by atoms with Crippen LogP contribution in [0.1, 0.15) is 17.4 Å². The molecule has 0 aliphatic rings. The fraction of sp³-hybridized carbons (Fsp3) is 0.167. The van der Waals surface area contributed by atoms with Crippen LogP contribution in [0.15, 0.2) is 33.2 Å². The maximum absolute atomic E-state index is 11.0. The summed E-state index contributed by atoms with van der Waals surface area (Å²) in [5.41, 5.74) is 0.463. The Balaban J connectivity index is 2.46. The Labute approximate surface area is 112 Å². The first-order valence-corrected chi connectivity index (χ1v) is 6.04. The number of aromatic carboxylic acids is 1. The lowest BCUT2D eigenvalue weighted by atomic mass is 10.2. The highest BCUT2D eigenvalue weighted by molar-refractivity contribution is 9.10. The monoisotopic (exact) mass is 311 g/mol. The van der Waals surface area contributed by atoms with E-state index in [2.05, 4.69) is 20.9 Å². The molecule has 18 heavy (non-hydrogen) atoms. The van der Waals surface area contributed by atoms with Crippen LogP contribution in [0, 0.1) is 0 Å². The van der Waals surface area contributed by atoms with Gasteiger partial charge in [-0.2, -0.15) is 4.98 Å². The van der Waals surface area contributed by atoms with Crippen LogP contribution in [0.25, 0.3) is 11.5 Å². The summed E-state index contributed by atoms with van der Waals surface area (Å²) in [6, 6.07) is 7.23. The predicted octanol–water partition coefficient (Wildman–Crippen LogP) is 3.20. The zero-order chi connectivity index (χ0) is 13.1. The number of ether oxygens (including phenoxy) is 1. The van der Waals surface area contributed by atoms with Crippen LogP contribution in [-0.2, 0) is 0 Å². The fourth-order valence-corrected chi connectivity index (χ4v) is 1.81. The van der Waals surface area contributed by atoms with E-state index >= 15 is 0 Å². The van der Waals surface area contributed by atoms with Crippen molar-refractivity contribution in [2.45, 2.75) is 6.92 Å². The lowest BCUT2D eigenvalue weighted by Gasteiger charge is -1.97. The highest BCUT2D eigenvalue weighted by atomic mass is 79.9. The Morgan fingerprint density at radius 1 is 1.56 bits per heavy atom. The second-order valence-electron chi connectivity index (χ2n) is 3.40. The number of carboxylic acids is 1. The summed E-state index contributed by atoms with van der Waals surface area (Å²) in [7, 11) is 0. The van der Waals surface area contributed by atoms with Gasteiger partial charge >= 0.3 is 11.9 Å². The Bertz CT molecular complexity index is 579. The van der Waals surface area contributed by atoms with Crippen molar-refractivity contribution in [1.82, 2.24) is 4.98 Å². The topological polar surface area (TPSA) is 72.6 Å². The minimum Gasteiger partial charge on any atom is -0.476 e. The van der Waals surface area contributed by atoms with Crippen molar-refractivity contribution in [3.05, 3.63) is 34.4 Å². The molecule has 1 aromatic carbocycles. The number of aromatic nitrogens is 1. The van der Waals surface area contributed by atoms with Crippen molar-refractivity contribution in [1.29, 1.82) is 0 Å². The number of carboxylic acid groups (broad SMARTS) is 1. The van der Waals surface area contributed by atoms with E-state index in [-0.39, 0.29) is 17.5 Å². The quantitative estimate of drug-likeness (QED) is 0.938. The summed E-state index contributed by atoms with van der Waals surface area (Å²) < 4.78 is 11.3. The molecular weight excluding hydrogens is 302 g/mol. The Kier molecular flexibility index (Phi) is 3.66. The van der Waals surface area contributed by atoms with Gasteiger partial charge in [0.25, 0.3) is 0 Å². The average Bonchev–Trinajstić information content (AvgIpc) is 2.74. The van der Waals surface area contributed by atoms with Gasteiger partial charge in [-0.25, -0.2) is 4.79 Å². The van der Waals surface area contributed by atoms with Crippen LogP contribution in [0.3, 0.4) is 0 Å². The molecule has 0 radical (unpaired) electrons. The molecule has 0 fully saturated rings. The first-order chi connectivity index (χ1) is 8.61. The van der Waals surface area contributed by atoms with E-state index in [1.807, 2.05) is 12.1 Å². The fourth-order valence-electron chi connectivity index (χ4n) is 1.42. The molecule has 0 bridgehead atoms. The van der Waals surface area contributed by atoms with Gasteiger partial charge in [-0.1, -0.05) is 22.0 Å². The summed E-state index contributed by atoms with van der Waals surface area (Å²) >= 11 is 3.33. The maximum Gasteiger partial charge on any atom is 0.362 e. The van der Waals surface area contributed by atoms with Crippen LogP contribution in [0.2, 0.25) is 0 Å². The van der Waals surface area contributed by atoms with Gasteiger partial charge < -0.3 is 14.3 Å². The van der Waals surface area contributed by atoms with E-state index in [9.17, 15) is 4.79 Å². The number of benzene rings is 1. The number of rotatable bonds is 4. The van der Waals surface area contributed by atoms with E-state index in [0.717, 1.165) is 4.47 Å². The second-order valence-corrected chi connectivity index (χ2v) is 4.32. The van der Waals surface area contributed by atoms with Gasteiger partial charge in [-0.15, -0.1) is 0 Å². The molecule has 0 atom stereocenters. The molecule has 1 aromatic heterocycles. The van der Waals surface area contributed by atoms with Gasteiger partial charge in [0.1, 0.15) is 0 Å². The van der Waals surface area contributed by atoms with Gasteiger partial charge in [0.2, 0.25) is 11.6 Å². The SMILES string of the molecule is CCOc1oc(-c2cccc(Br)c2)nc1C(=O)O. The molecule has 0 spiro atoms. The summed E-state index contributed by atoms with van der Waals surface area (Å²) in [4.78, 5) is 14.9. The van der Waals surface area contributed by atoms with Gasteiger partial charge in [-0.05, 0) is 25.1 Å². The summed E-state index contributed by atoms with van der Waals surface area (Å²) in [6.07, 6.45) is 0. The molecular formula is C12H10BrNO4. The number of oxazole rings is 1. The van der Waals surface area contributed by atoms with E-state index in [1.54, 1.807) is 19.1 Å². The normalized spacial score (nSPS) is 10.3. The third kappa shape index (κ3) is 2.53. The molecule has 6 heteroatoms. The Morgan fingerprint density at radius 3 is 2.94 bits per heavy atom. The molecule has 94 valence electrons. The highest BCUT2D eigenvalue weighted by Gasteiger charge is 2.21. The Hall–Kier alpha value is -1.82. The van der Waals surface area contributed by atoms with E-state index < -0.39 is 5.97 Å². The van der Waals surface area contributed by atoms with E-state index in [4.69, 9.17) is 14.3 Å². The molecule has 2 rings (SSSR count). The minimum atomic E-state index is -1.18. The first kappa shape index (κ1) is 12.6. The van der Waals surface area contributed by atoms with Gasteiger partial charge in [0.05, 0.1) is 6.61 Å². The average molecular weight is 312 g/mol. The number of nitrogens with zero attached hydrogens (tertiary/aromatic N) is 1. The molecule has 0 amide bonds. The smallest absolute Gasteiger partial charge is 0.362 e. The Morgan fingerprint density at radius 2 is 2.33 bits per heavy atom. The second kappa shape index (κ2) is 5.22. The predicted molar refractivity (Wildman–Crippen MR) is 67.8 cm³/mol. The standard InChI is InChI=1S/C12H10BrNO4/c1-2-17-12-9(11(15)16)14-10(18-12)7-4-3-5-8(13)6-7/h3-6H,2H2,1H3,(H,15,16). The zero-order valence-corrected chi connectivity index (χ0v) is 11.1. The number of hydrogen-bond acceptors (Lipinski definition) is 4. The highest BCUT2D eigenvalue weighted by Crippen LogP contribution is 2.28.